The molecule has 0 N–H and O–H groups in total. The van der Waals surface area contributed by atoms with Gasteiger partial charge in [-0.25, -0.2) is 13.8 Å². The number of ether oxygens (including phenoxy) is 5. The fourth-order valence-electron chi connectivity index (χ4n) is 4.33. The molecule has 8 nitrogen and oxygen atoms in total. The Hall–Kier alpha value is -2.90. The first-order valence-corrected chi connectivity index (χ1v) is 10.9. The van der Waals surface area contributed by atoms with E-state index in [9.17, 15) is 26.7 Å². The highest BCUT2D eigenvalue weighted by Crippen LogP contribution is 2.47. The lowest BCUT2D eigenvalue weighted by molar-refractivity contribution is -0.325. The summed E-state index contributed by atoms with van der Waals surface area (Å²) in [6.45, 7) is -1.25. The number of halogens is 5. The van der Waals surface area contributed by atoms with Crippen LogP contribution in [0.15, 0.2) is 30.3 Å². The standard InChI is InChI=1S/C22H19B2F5N2O6/c1-33-18-16(34-6-7-35-22(27,28)29)3-2-15(30-18)19(32)31-5-4-20(12-8-13(25)10-14(26)9-12)17(11-31)36-21(23,24)37-20/h2-3,8-10,17H,4-7,11H2,1H3. The molecule has 2 unspecified atom stereocenters. The summed E-state index contributed by atoms with van der Waals surface area (Å²) >= 11 is 0. The van der Waals surface area contributed by atoms with Crippen molar-refractivity contribution < 1.29 is 50.4 Å². The van der Waals surface area contributed by atoms with Gasteiger partial charge in [-0.3, -0.25) is 9.53 Å². The van der Waals surface area contributed by atoms with Crippen LogP contribution < -0.4 is 9.47 Å². The molecule has 0 spiro atoms. The molecule has 2 aliphatic rings. The Morgan fingerprint density at radius 1 is 1.19 bits per heavy atom. The molecule has 2 aromatic rings. The summed E-state index contributed by atoms with van der Waals surface area (Å²) in [6, 6.07) is 5.50. The van der Waals surface area contributed by atoms with Crippen LogP contribution in [0.4, 0.5) is 22.0 Å². The molecular formula is C22H19B2F5N2O6. The quantitative estimate of drug-likeness (QED) is 0.313. The average Bonchev–Trinajstić information content (AvgIpc) is 3.10. The molecule has 2 fully saturated rings. The van der Waals surface area contributed by atoms with E-state index in [0.29, 0.717) is 6.07 Å². The number of nitrogens with zero attached hydrogens (tertiary/aromatic N) is 2. The summed E-state index contributed by atoms with van der Waals surface area (Å²) in [5.41, 5.74) is -3.42. The normalized spacial score (nSPS) is 23.0. The summed E-state index contributed by atoms with van der Waals surface area (Å²) in [5, 5.41) is 0. The SMILES string of the molecule is [B]C1([B])OC2CN(C(=O)c3ccc(OCCOC(F)(F)F)c(OC)n3)CCC2(c2cc(F)cc(F)c2)O1. The number of hydrogen-bond donors (Lipinski definition) is 0. The zero-order chi connectivity index (χ0) is 27.0. The van der Waals surface area contributed by atoms with Crippen LogP contribution in [0.2, 0.25) is 0 Å². The Kier molecular flexibility index (Phi) is 7.41. The minimum Gasteiger partial charge on any atom is -0.486 e. The van der Waals surface area contributed by atoms with E-state index in [2.05, 4.69) is 9.72 Å². The Morgan fingerprint density at radius 2 is 1.89 bits per heavy atom. The van der Waals surface area contributed by atoms with Crippen LogP contribution in [-0.4, -0.2) is 82.9 Å². The number of benzene rings is 1. The van der Waals surface area contributed by atoms with Crippen LogP contribution in [-0.2, 0) is 19.8 Å². The van der Waals surface area contributed by atoms with Crippen LogP contribution in [0.3, 0.4) is 0 Å². The molecule has 194 valence electrons. The van der Waals surface area contributed by atoms with Crippen molar-refractivity contribution in [3.05, 3.63) is 53.2 Å². The van der Waals surface area contributed by atoms with E-state index in [1.807, 2.05) is 0 Å². The molecule has 1 aromatic carbocycles. The summed E-state index contributed by atoms with van der Waals surface area (Å²) < 4.78 is 89.5. The van der Waals surface area contributed by atoms with Crippen molar-refractivity contribution >= 4 is 21.6 Å². The predicted molar refractivity (Wildman–Crippen MR) is 117 cm³/mol. The Bertz CT molecular complexity index is 1150. The maximum atomic E-state index is 14.0. The fourth-order valence-corrected chi connectivity index (χ4v) is 4.33. The van der Waals surface area contributed by atoms with Crippen molar-refractivity contribution in [2.45, 2.75) is 30.1 Å². The number of alkyl halides is 3. The first-order chi connectivity index (χ1) is 17.3. The van der Waals surface area contributed by atoms with Crippen molar-refractivity contribution in [2.24, 2.45) is 0 Å². The summed E-state index contributed by atoms with van der Waals surface area (Å²) in [4.78, 5) is 18.6. The number of piperidine rings is 1. The van der Waals surface area contributed by atoms with Gasteiger partial charge in [-0.05, 0) is 29.8 Å². The minimum absolute atomic E-state index is 0.000750. The van der Waals surface area contributed by atoms with Crippen LogP contribution in [0.5, 0.6) is 11.6 Å². The van der Waals surface area contributed by atoms with Gasteiger partial charge in [0.15, 0.2) is 5.75 Å². The van der Waals surface area contributed by atoms with E-state index >= 15 is 0 Å². The summed E-state index contributed by atoms with van der Waals surface area (Å²) in [7, 11) is 12.9. The van der Waals surface area contributed by atoms with Gasteiger partial charge >= 0.3 is 6.36 Å². The van der Waals surface area contributed by atoms with E-state index < -0.39 is 54.4 Å². The largest absolute Gasteiger partial charge is 0.522 e. The van der Waals surface area contributed by atoms with Crippen molar-refractivity contribution in [1.82, 2.24) is 9.88 Å². The molecular weight excluding hydrogens is 505 g/mol. The molecule has 1 amide bonds. The number of aromatic nitrogens is 1. The zero-order valence-electron chi connectivity index (χ0n) is 19.4. The Morgan fingerprint density at radius 3 is 2.54 bits per heavy atom. The van der Waals surface area contributed by atoms with Gasteiger partial charge in [0.2, 0.25) is 0 Å². The van der Waals surface area contributed by atoms with Gasteiger partial charge in [0.25, 0.3) is 11.8 Å². The van der Waals surface area contributed by atoms with Gasteiger partial charge in [0.1, 0.15) is 51.3 Å². The molecule has 2 atom stereocenters. The molecule has 2 saturated heterocycles. The fraction of sp³-hybridized carbons (Fsp3) is 0.455. The first-order valence-electron chi connectivity index (χ1n) is 10.9. The number of amides is 1. The van der Waals surface area contributed by atoms with Gasteiger partial charge in [-0.1, -0.05) is 0 Å². The van der Waals surface area contributed by atoms with Gasteiger partial charge in [0.05, 0.1) is 25.8 Å². The molecule has 2 aliphatic heterocycles. The third-order valence-corrected chi connectivity index (χ3v) is 5.81. The van der Waals surface area contributed by atoms with E-state index in [1.165, 1.54) is 24.1 Å². The lowest BCUT2D eigenvalue weighted by atomic mass is 9.76. The van der Waals surface area contributed by atoms with Gasteiger partial charge in [0, 0.05) is 19.0 Å². The number of likely N-dealkylation sites (tertiary alicyclic amines) is 1. The second-order valence-electron chi connectivity index (χ2n) is 8.33. The number of carbonyl (C=O) groups is 1. The third kappa shape index (κ3) is 5.99. The van der Waals surface area contributed by atoms with Gasteiger partial charge in [-0.2, -0.15) is 0 Å². The highest BCUT2D eigenvalue weighted by molar-refractivity contribution is 6.38. The smallest absolute Gasteiger partial charge is 0.486 e. The van der Waals surface area contributed by atoms with Crippen LogP contribution in [0, 0.1) is 11.6 Å². The molecule has 0 saturated carbocycles. The highest BCUT2D eigenvalue weighted by Gasteiger charge is 2.56. The maximum Gasteiger partial charge on any atom is 0.522 e. The van der Waals surface area contributed by atoms with Crippen LogP contribution in [0.25, 0.3) is 0 Å². The molecule has 1 aromatic heterocycles. The molecule has 0 aliphatic carbocycles. The number of rotatable bonds is 7. The Labute approximate surface area is 210 Å². The minimum atomic E-state index is -4.79. The predicted octanol–water partition coefficient (Wildman–Crippen LogP) is 2.39. The number of fused-ring (bicyclic) bond motifs is 1. The topological polar surface area (TPSA) is 79.4 Å². The average molecular weight is 524 g/mol. The van der Waals surface area contributed by atoms with Gasteiger partial charge in [-0.15, -0.1) is 13.2 Å². The highest BCUT2D eigenvalue weighted by atomic mass is 19.4. The zero-order valence-corrected chi connectivity index (χ0v) is 19.4. The Balaban J connectivity index is 1.50. The van der Waals surface area contributed by atoms with E-state index in [1.54, 1.807) is 0 Å². The van der Waals surface area contributed by atoms with Crippen LogP contribution >= 0.6 is 0 Å². The molecule has 4 radical (unpaired) electrons. The monoisotopic (exact) mass is 524 g/mol. The molecule has 15 heteroatoms. The first kappa shape index (κ1) is 27.1. The maximum absolute atomic E-state index is 14.0. The van der Waals surface area contributed by atoms with E-state index in [-0.39, 0.29) is 42.4 Å². The second kappa shape index (κ2) is 10.1. The van der Waals surface area contributed by atoms with Crippen molar-refractivity contribution in [2.75, 3.05) is 33.4 Å². The van der Waals surface area contributed by atoms with E-state index in [4.69, 9.17) is 34.6 Å². The number of methoxy groups -OCH3 is 1. The third-order valence-electron chi connectivity index (χ3n) is 5.81. The molecule has 0 bridgehead atoms. The lowest BCUT2D eigenvalue weighted by Crippen LogP contribution is -2.53. The summed E-state index contributed by atoms with van der Waals surface area (Å²) in [5.74, 6) is -2.36. The van der Waals surface area contributed by atoms with Gasteiger partial charge < -0.3 is 23.8 Å². The number of hydrogen-bond acceptors (Lipinski definition) is 7. The van der Waals surface area contributed by atoms with Crippen molar-refractivity contribution in [3.8, 4) is 11.6 Å². The lowest BCUT2D eigenvalue weighted by Gasteiger charge is -2.42. The summed E-state index contributed by atoms with van der Waals surface area (Å²) in [6.07, 6.45) is -5.72. The molecule has 37 heavy (non-hydrogen) atoms. The van der Waals surface area contributed by atoms with Crippen LogP contribution in [0.1, 0.15) is 22.5 Å². The molecule has 4 rings (SSSR count). The number of pyridine rings is 1. The van der Waals surface area contributed by atoms with E-state index in [0.717, 1.165) is 12.1 Å². The number of carbonyl (C=O) groups excluding carboxylic acids is 1. The van der Waals surface area contributed by atoms with Crippen molar-refractivity contribution in [3.63, 3.8) is 0 Å². The van der Waals surface area contributed by atoms with Crippen molar-refractivity contribution in [1.29, 1.82) is 0 Å². The molecule has 3 heterocycles. The second-order valence-corrected chi connectivity index (χ2v) is 8.33.